The maximum Gasteiger partial charge on any atom is 0.142 e. The van der Waals surface area contributed by atoms with Gasteiger partial charge in [0.1, 0.15) is 5.01 Å². The highest BCUT2D eigenvalue weighted by Gasteiger charge is 2.02. The number of hydrogen-bond acceptors (Lipinski definition) is 3. The van der Waals surface area contributed by atoms with Crippen LogP contribution in [0.5, 0.6) is 0 Å². The van der Waals surface area contributed by atoms with Gasteiger partial charge in [0, 0.05) is 17.3 Å². The SMILES string of the molecule is C=CC(=N/C=C\C)c1nc(C)cs1. The van der Waals surface area contributed by atoms with Crippen molar-refractivity contribution in [3.63, 3.8) is 0 Å². The van der Waals surface area contributed by atoms with Crippen molar-refractivity contribution in [2.45, 2.75) is 13.8 Å². The van der Waals surface area contributed by atoms with Crippen molar-refractivity contribution in [1.82, 2.24) is 4.98 Å². The maximum atomic E-state index is 4.32. The Morgan fingerprint density at radius 2 is 2.46 bits per heavy atom. The fourth-order valence-corrected chi connectivity index (χ4v) is 1.61. The Bertz CT molecular complexity index is 348. The molecule has 0 radical (unpaired) electrons. The Labute approximate surface area is 82.4 Å². The van der Waals surface area contributed by atoms with Gasteiger partial charge in [0.05, 0.1) is 5.71 Å². The molecular weight excluding hydrogens is 180 g/mol. The van der Waals surface area contributed by atoms with Crippen molar-refractivity contribution >= 4 is 17.0 Å². The van der Waals surface area contributed by atoms with Crippen molar-refractivity contribution in [1.29, 1.82) is 0 Å². The Balaban J connectivity index is 2.96. The molecule has 0 saturated carbocycles. The van der Waals surface area contributed by atoms with Gasteiger partial charge in [-0.2, -0.15) is 0 Å². The van der Waals surface area contributed by atoms with Crippen molar-refractivity contribution < 1.29 is 0 Å². The molecule has 0 fully saturated rings. The number of allylic oxidation sites excluding steroid dienone is 2. The molecule has 0 spiro atoms. The normalized spacial score (nSPS) is 12.3. The van der Waals surface area contributed by atoms with Crippen LogP contribution in [0.4, 0.5) is 0 Å². The van der Waals surface area contributed by atoms with Gasteiger partial charge in [0.15, 0.2) is 0 Å². The zero-order valence-corrected chi connectivity index (χ0v) is 8.64. The maximum absolute atomic E-state index is 4.32. The van der Waals surface area contributed by atoms with E-state index in [1.54, 1.807) is 23.6 Å². The number of thiazole rings is 1. The van der Waals surface area contributed by atoms with Gasteiger partial charge in [0.2, 0.25) is 0 Å². The average Bonchev–Trinajstić information content (AvgIpc) is 2.54. The molecule has 1 aromatic rings. The Morgan fingerprint density at radius 1 is 1.69 bits per heavy atom. The molecule has 1 heterocycles. The molecule has 0 aliphatic heterocycles. The highest BCUT2D eigenvalue weighted by molar-refractivity contribution is 7.12. The summed E-state index contributed by atoms with van der Waals surface area (Å²) in [7, 11) is 0. The number of aryl methyl sites for hydroxylation is 1. The van der Waals surface area contributed by atoms with Gasteiger partial charge in [-0.1, -0.05) is 12.7 Å². The minimum Gasteiger partial charge on any atom is -0.254 e. The van der Waals surface area contributed by atoms with Crippen LogP contribution < -0.4 is 0 Å². The average molecular weight is 192 g/mol. The molecule has 1 rings (SSSR count). The minimum atomic E-state index is 0.830. The minimum absolute atomic E-state index is 0.830. The third kappa shape index (κ3) is 2.63. The highest BCUT2D eigenvalue weighted by atomic mass is 32.1. The predicted octanol–water partition coefficient (Wildman–Crippen LogP) is 2.96. The van der Waals surface area contributed by atoms with E-state index in [4.69, 9.17) is 0 Å². The zero-order valence-electron chi connectivity index (χ0n) is 7.82. The van der Waals surface area contributed by atoms with Crippen LogP contribution in [-0.2, 0) is 0 Å². The molecule has 13 heavy (non-hydrogen) atoms. The molecule has 0 bridgehead atoms. The molecule has 0 unspecified atom stereocenters. The fourth-order valence-electron chi connectivity index (χ4n) is 0.822. The lowest BCUT2D eigenvalue weighted by molar-refractivity contribution is 1.25. The van der Waals surface area contributed by atoms with Crippen molar-refractivity contribution in [2.75, 3.05) is 0 Å². The third-order valence-corrected chi connectivity index (χ3v) is 2.38. The molecule has 0 aromatic carbocycles. The molecule has 0 aliphatic carbocycles. The molecule has 0 atom stereocenters. The van der Waals surface area contributed by atoms with Crippen molar-refractivity contribution in [2.24, 2.45) is 4.99 Å². The summed E-state index contributed by atoms with van der Waals surface area (Å²) in [6, 6.07) is 0. The molecule has 0 N–H and O–H groups in total. The van der Waals surface area contributed by atoms with E-state index in [0.717, 1.165) is 16.4 Å². The first-order valence-corrected chi connectivity index (χ1v) is 4.89. The van der Waals surface area contributed by atoms with E-state index in [1.165, 1.54) is 0 Å². The van der Waals surface area contributed by atoms with E-state index in [9.17, 15) is 0 Å². The largest absolute Gasteiger partial charge is 0.254 e. The number of aromatic nitrogens is 1. The van der Waals surface area contributed by atoms with E-state index in [1.807, 2.05) is 25.3 Å². The van der Waals surface area contributed by atoms with Gasteiger partial charge in [-0.15, -0.1) is 11.3 Å². The third-order valence-electron chi connectivity index (χ3n) is 1.39. The summed E-state index contributed by atoms with van der Waals surface area (Å²) in [6.07, 6.45) is 5.34. The summed E-state index contributed by atoms with van der Waals surface area (Å²) in [5.41, 5.74) is 1.85. The van der Waals surface area contributed by atoms with E-state index < -0.39 is 0 Å². The van der Waals surface area contributed by atoms with Gasteiger partial charge in [-0.25, -0.2) is 4.98 Å². The summed E-state index contributed by atoms with van der Waals surface area (Å²) in [6.45, 7) is 7.60. The first-order valence-electron chi connectivity index (χ1n) is 4.02. The van der Waals surface area contributed by atoms with Crippen molar-refractivity contribution in [3.8, 4) is 0 Å². The van der Waals surface area contributed by atoms with Crippen molar-refractivity contribution in [3.05, 3.63) is 41.0 Å². The second-order valence-corrected chi connectivity index (χ2v) is 3.35. The highest BCUT2D eigenvalue weighted by Crippen LogP contribution is 2.10. The van der Waals surface area contributed by atoms with Crippen LogP contribution in [0, 0.1) is 6.92 Å². The Morgan fingerprint density at radius 3 is 2.92 bits per heavy atom. The first-order chi connectivity index (χ1) is 6.27. The summed E-state index contributed by atoms with van der Waals surface area (Å²) >= 11 is 1.59. The fraction of sp³-hybridized carbons (Fsp3) is 0.200. The van der Waals surface area contributed by atoms with Gasteiger partial charge in [-0.3, -0.25) is 4.99 Å². The molecule has 2 nitrogen and oxygen atoms in total. The Hall–Kier alpha value is -1.22. The molecule has 0 aliphatic rings. The van der Waals surface area contributed by atoms with Crippen LogP contribution in [0.25, 0.3) is 0 Å². The monoisotopic (exact) mass is 192 g/mol. The first kappa shape index (κ1) is 9.86. The van der Waals surface area contributed by atoms with Crippen LogP contribution in [0.1, 0.15) is 17.6 Å². The summed E-state index contributed by atoms with van der Waals surface area (Å²) in [4.78, 5) is 8.53. The van der Waals surface area contributed by atoms with Gasteiger partial charge >= 0.3 is 0 Å². The lowest BCUT2D eigenvalue weighted by atomic mass is 10.4. The van der Waals surface area contributed by atoms with E-state index >= 15 is 0 Å². The second kappa shape index (κ2) is 4.72. The van der Waals surface area contributed by atoms with Crippen LogP contribution in [-0.4, -0.2) is 10.7 Å². The molecule has 0 amide bonds. The summed E-state index contributed by atoms with van der Waals surface area (Å²) in [5.74, 6) is 0. The number of nitrogens with zero attached hydrogens (tertiary/aromatic N) is 2. The predicted molar refractivity (Wildman–Crippen MR) is 58.4 cm³/mol. The van der Waals surface area contributed by atoms with Gasteiger partial charge in [0.25, 0.3) is 0 Å². The smallest absolute Gasteiger partial charge is 0.142 e. The Kier molecular flexibility index (Phi) is 3.58. The van der Waals surface area contributed by atoms with Crippen LogP contribution in [0.15, 0.2) is 35.3 Å². The number of aliphatic imine (C=N–C) groups is 1. The van der Waals surface area contributed by atoms with Gasteiger partial charge in [-0.05, 0) is 19.9 Å². The molecule has 3 heteroatoms. The van der Waals surface area contributed by atoms with E-state index in [2.05, 4.69) is 16.6 Å². The van der Waals surface area contributed by atoms with Crippen LogP contribution >= 0.6 is 11.3 Å². The quantitative estimate of drug-likeness (QED) is 0.676. The lowest BCUT2D eigenvalue weighted by Crippen LogP contribution is -1.94. The summed E-state index contributed by atoms with van der Waals surface area (Å²) in [5, 5.41) is 2.93. The second-order valence-electron chi connectivity index (χ2n) is 2.49. The molecule has 0 saturated heterocycles. The molecule has 1 aromatic heterocycles. The number of rotatable bonds is 3. The van der Waals surface area contributed by atoms with Crippen LogP contribution in [0.2, 0.25) is 0 Å². The standard InChI is InChI=1S/C10H12N2S/c1-4-6-11-9(5-2)10-12-8(3)7-13-10/h4-7H,2H2,1,3H3/b6-4-,11-9?. The molecular formula is C10H12N2S. The van der Waals surface area contributed by atoms with E-state index in [0.29, 0.717) is 0 Å². The lowest BCUT2D eigenvalue weighted by Gasteiger charge is -1.91. The zero-order chi connectivity index (χ0) is 9.68. The van der Waals surface area contributed by atoms with Gasteiger partial charge < -0.3 is 0 Å². The molecule has 68 valence electrons. The topological polar surface area (TPSA) is 25.2 Å². The number of hydrogen-bond donors (Lipinski definition) is 0. The summed E-state index contributed by atoms with van der Waals surface area (Å²) < 4.78 is 0. The van der Waals surface area contributed by atoms with Crippen LogP contribution in [0.3, 0.4) is 0 Å². The van der Waals surface area contributed by atoms with E-state index in [-0.39, 0.29) is 0 Å².